The molecule has 8 nitrogen and oxygen atoms in total. The van der Waals surface area contributed by atoms with Crippen molar-refractivity contribution >= 4 is 29.2 Å². The van der Waals surface area contributed by atoms with Crippen LogP contribution in [-0.2, 0) is 14.4 Å². The lowest BCUT2D eigenvalue weighted by Crippen LogP contribution is -2.39. The third-order valence-corrected chi connectivity index (χ3v) is 6.03. The molecular formula is C20H18N2O6. The van der Waals surface area contributed by atoms with Crippen LogP contribution in [0.25, 0.3) is 0 Å². The molecule has 1 aromatic carbocycles. The second kappa shape index (κ2) is 5.92. The first kappa shape index (κ1) is 17.0. The molecule has 4 unspecified atom stereocenters. The zero-order valence-corrected chi connectivity index (χ0v) is 15.1. The predicted molar refractivity (Wildman–Crippen MR) is 95.6 cm³/mol. The first-order valence-corrected chi connectivity index (χ1v) is 9.22. The number of carbonyl (C=O) groups is 4. The van der Waals surface area contributed by atoms with Crippen LogP contribution in [0.1, 0.15) is 23.7 Å². The number of amides is 3. The molecule has 2 bridgehead atoms. The van der Waals surface area contributed by atoms with Crippen LogP contribution in [-0.4, -0.2) is 41.7 Å². The Bertz CT molecular complexity index is 938. The number of ketones is 1. The summed E-state index contributed by atoms with van der Waals surface area (Å²) in [5, 5.41) is 2.64. The van der Waals surface area contributed by atoms with Crippen LogP contribution in [0.3, 0.4) is 0 Å². The summed E-state index contributed by atoms with van der Waals surface area (Å²) < 4.78 is 10.6. The molecule has 2 heterocycles. The van der Waals surface area contributed by atoms with Gasteiger partial charge in [0.05, 0.1) is 17.5 Å². The van der Waals surface area contributed by atoms with E-state index >= 15 is 0 Å². The van der Waals surface area contributed by atoms with Crippen LogP contribution in [0.4, 0.5) is 5.69 Å². The Kier molecular flexibility index (Phi) is 3.59. The molecule has 1 saturated carbocycles. The number of hydrogen-bond donors (Lipinski definition) is 1. The van der Waals surface area contributed by atoms with E-state index in [4.69, 9.17) is 9.47 Å². The molecule has 3 amide bonds. The molecule has 1 saturated heterocycles. The van der Waals surface area contributed by atoms with E-state index in [9.17, 15) is 19.2 Å². The molecule has 144 valence electrons. The molecule has 0 radical (unpaired) electrons. The Labute approximate surface area is 160 Å². The SMILES string of the molecule is CC(=O)c1cc2c(cc1NC(=O)CN1C(=O)C3C4C=CC(C4)C3C1=O)OCO2. The van der Waals surface area contributed by atoms with E-state index in [-0.39, 0.29) is 65.9 Å². The standard InChI is InChI=1S/C20H18N2O6/c1-9(23)12-5-14-15(28-8-27-14)6-13(12)21-16(24)7-22-19(25)17-10-2-3-11(4-10)18(17)20(22)26/h2-3,5-6,10-11,17-18H,4,7-8H2,1H3,(H,21,24). The summed E-state index contributed by atoms with van der Waals surface area (Å²) in [7, 11) is 0. The Morgan fingerprint density at radius 2 is 1.68 bits per heavy atom. The summed E-state index contributed by atoms with van der Waals surface area (Å²) in [6.07, 6.45) is 4.85. The smallest absolute Gasteiger partial charge is 0.244 e. The number of allylic oxidation sites excluding steroid dienone is 2. The van der Waals surface area contributed by atoms with Gasteiger partial charge in [0.1, 0.15) is 6.54 Å². The Morgan fingerprint density at radius 3 is 2.29 bits per heavy atom. The van der Waals surface area contributed by atoms with Crippen molar-refractivity contribution in [2.75, 3.05) is 18.7 Å². The fourth-order valence-electron chi connectivity index (χ4n) is 4.79. The summed E-state index contributed by atoms with van der Waals surface area (Å²) in [5.74, 6) is -0.978. The number of likely N-dealkylation sites (tertiary alicyclic amines) is 1. The molecule has 0 aromatic heterocycles. The Morgan fingerprint density at radius 1 is 1.07 bits per heavy atom. The number of carbonyl (C=O) groups excluding carboxylic acids is 4. The van der Waals surface area contributed by atoms with Crippen molar-refractivity contribution in [3.63, 3.8) is 0 Å². The molecule has 5 rings (SSSR count). The van der Waals surface area contributed by atoms with E-state index in [1.165, 1.54) is 19.1 Å². The van der Waals surface area contributed by atoms with Gasteiger partial charge in [-0.1, -0.05) is 12.2 Å². The molecule has 2 aliphatic carbocycles. The lowest BCUT2D eigenvalue weighted by Gasteiger charge is -2.17. The monoisotopic (exact) mass is 382 g/mol. The number of Topliss-reactive ketones (excluding diaryl/α,β-unsaturated/α-hetero) is 1. The minimum atomic E-state index is -0.539. The number of nitrogens with zero attached hydrogens (tertiary/aromatic N) is 1. The fraction of sp³-hybridized carbons (Fsp3) is 0.400. The zero-order chi connectivity index (χ0) is 19.6. The average molecular weight is 382 g/mol. The quantitative estimate of drug-likeness (QED) is 0.479. The van der Waals surface area contributed by atoms with Crippen LogP contribution in [0.2, 0.25) is 0 Å². The first-order valence-electron chi connectivity index (χ1n) is 9.22. The van der Waals surface area contributed by atoms with E-state index in [1.54, 1.807) is 0 Å². The highest BCUT2D eigenvalue weighted by atomic mass is 16.7. The summed E-state index contributed by atoms with van der Waals surface area (Å²) in [6.45, 7) is 1.06. The second-order valence-corrected chi connectivity index (χ2v) is 7.62. The molecule has 0 spiro atoms. The highest BCUT2D eigenvalue weighted by Crippen LogP contribution is 2.52. The minimum Gasteiger partial charge on any atom is -0.454 e. The number of imide groups is 1. The maximum absolute atomic E-state index is 12.7. The highest BCUT2D eigenvalue weighted by Gasteiger charge is 2.59. The van der Waals surface area contributed by atoms with Crippen molar-refractivity contribution < 1.29 is 28.7 Å². The lowest BCUT2D eigenvalue weighted by atomic mass is 9.85. The van der Waals surface area contributed by atoms with E-state index in [0.29, 0.717) is 11.5 Å². The summed E-state index contributed by atoms with van der Waals surface area (Å²) in [4.78, 5) is 51.0. The molecule has 4 atom stereocenters. The van der Waals surface area contributed by atoms with Gasteiger partial charge in [-0.05, 0) is 31.2 Å². The van der Waals surface area contributed by atoms with Crippen molar-refractivity contribution in [3.05, 3.63) is 29.8 Å². The molecule has 4 aliphatic rings. The van der Waals surface area contributed by atoms with Gasteiger partial charge in [-0.2, -0.15) is 0 Å². The van der Waals surface area contributed by atoms with Gasteiger partial charge in [0.15, 0.2) is 17.3 Å². The fourth-order valence-corrected chi connectivity index (χ4v) is 4.79. The normalized spacial score (nSPS) is 28.8. The number of fused-ring (bicyclic) bond motifs is 6. The van der Waals surface area contributed by atoms with Gasteiger partial charge in [0, 0.05) is 11.6 Å². The maximum Gasteiger partial charge on any atom is 0.244 e. The van der Waals surface area contributed by atoms with Crippen LogP contribution in [0, 0.1) is 23.7 Å². The maximum atomic E-state index is 12.7. The van der Waals surface area contributed by atoms with Gasteiger partial charge in [-0.25, -0.2) is 0 Å². The van der Waals surface area contributed by atoms with Gasteiger partial charge in [0.25, 0.3) is 0 Å². The van der Waals surface area contributed by atoms with Crippen molar-refractivity contribution in [1.82, 2.24) is 4.90 Å². The second-order valence-electron chi connectivity index (χ2n) is 7.62. The van der Waals surface area contributed by atoms with Crippen LogP contribution in [0.15, 0.2) is 24.3 Å². The summed E-state index contributed by atoms with van der Waals surface area (Å²) in [5.41, 5.74) is 0.540. The average Bonchev–Trinajstić information content (AvgIpc) is 3.41. The van der Waals surface area contributed by atoms with Gasteiger partial charge >= 0.3 is 0 Å². The predicted octanol–water partition coefficient (Wildman–Crippen LogP) is 1.36. The van der Waals surface area contributed by atoms with Gasteiger partial charge < -0.3 is 14.8 Å². The number of rotatable bonds is 4. The highest BCUT2D eigenvalue weighted by molar-refractivity contribution is 6.10. The number of hydrogen-bond acceptors (Lipinski definition) is 6. The third kappa shape index (κ3) is 2.37. The van der Waals surface area contributed by atoms with E-state index in [0.717, 1.165) is 11.3 Å². The van der Waals surface area contributed by atoms with Gasteiger partial charge in [0.2, 0.25) is 24.5 Å². The Hall–Kier alpha value is -3.16. The van der Waals surface area contributed by atoms with E-state index < -0.39 is 5.91 Å². The summed E-state index contributed by atoms with van der Waals surface area (Å²) >= 11 is 0. The largest absolute Gasteiger partial charge is 0.454 e. The molecule has 8 heteroatoms. The zero-order valence-electron chi connectivity index (χ0n) is 15.1. The molecule has 2 aliphatic heterocycles. The van der Waals surface area contributed by atoms with Gasteiger partial charge in [-0.15, -0.1) is 0 Å². The lowest BCUT2D eigenvalue weighted by molar-refractivity contribution is -0.143. The van der Waals surface area contributed by atoms with Crippen molar-refractivity contribution in [3.8, 4) is 11.5 Å². The molecule has 1 aromatic rings. The van der Waals surface area contributed by atoms with E-state index in [2.05, 4.69) is 5.32 Å². The van der Waals surface area contributed by atoms with Crippen molar-refractivity contribution in [2.24, 2.45) is 23.7 Å². The molecular weight excluding hydrogens is 364 g/mol. The van der Waals surface area contributed by atoms with Crippen LogP contribution < -0.4 is 14.8 Å². The molecule has 2 fully saturated rings. The van der Waals surface area contributed by atoms with Crippen molar-refractivity contribution in [1.29, 1.82) is 0 Å². The topological polar surface area (TPSA) is 102 Å². The number of benzene rings is 1. The van der Waals surface area contributed by atoms with Crippen LogP contribution >= 0.6 is 0 Å². The first-order chi connectivity index (χ1) is 13.4. The number of nitrogens with one attached hydrogen (secondary N) is 1. The number of anilines is 1. The van der Waals surface area contributed by atoms with Crippen LogP contribution in [0.5, 0.6) is 11.5 Å². The van der Waals surface area contributed by atoms with E-state index in [1.807, 2.05) is 12.2 Å². The van der Waals surface area contributed by atoms with Crippen molar-refractivity contribution in [2.45, 2.75) is 13.3 Å². The minimum absolute atomic E-state index is 0.0417. The number of ether oxygens (including phenoxy) is 2. The molecule has 28 heavy (non-hydrogen) atoms. The Balaban J connectivity index is 1.34. The van der Waals surface area contributed by atoms with Gasteiger partial charge in [-0.3, -0.25) is 24.1 Å². The summed E-state index contributed by atoms with van der Waals surface area (Å²) in [6, 6.07) is 3.03. The third-order valence-electron chi connectivity index (χ3n) is 6.03. The molecule has 1 N–H and O–H groups in total.